The summed E-state index contributed by atoms with van der Waals surface area (Å²) in [4.78, 5) is 32.2. The molecule has 0 unspecified atom stereocenters. The molecule has 0 aliphatic carbocycles. The molecule has 0 amide bonds. The third-order valence-corrected chi connectivity index (χ3v) is 16.6. The third kappa shape index (κ3) is 8.61. The Balaban J connectivity index is 0.975. The van der Waals surface area contributed by atoms with Gasteiger partial charge in [-0.2, -0.15) is 0 Å². The van der Waals surface area contributed by atoms with E-state index < -0.39 is 0 Å². The van der Waals surface area contributed by atoms with E-state index in [0.717, 1.165) is 155 Å². The summed E-state index contributed by atoms with van der Waals surface area (Å²) in [6.45, 7) is 9.15. The largest absolute Gasteiger partial charge is 0.257 e. The predicted molar refractivity (Wildman–Crippen MR) is 356 cm³/mol. The molecule has 0 atom stereocenters. The quantitative estimate of drug-likeness (QED) is 0.106. The highest BCUT2D eigenvalue weighted by atomic mass is 14.9. The number of pyridine rings is 3. The molecule has 0 saturated heterocycles. The molecule has 12 aromatic carbocycles. The van der Waals surface area contributed by atoms with Gasteiger partial charge in [0.05, 0.1) is 45.9 Å². The summed E-state index contributed by atoms with van der Waals surface area (Å²) in [5.41, 5.74) is 19.4. The summed E-state index contributed by atoms with van der Waals surface area (Å²) < 4.78 is 0. The minimum absolute atomic E-state index is 0.472. The maximum absolute atomic E-state index is 9.15. The molecule has 0 fully saturated rings. The Morgan fingerprint density at radius 2 is 0.640 bits per heavy atom. The lowest BCUT2D eigenvalue weighted by Gasteiger charge is -2.19. The highest BCUT2D eigenvalue weighted by Crippen LogP contribution is 2.49. The second kappa shape index (κ2) is 20.9. The maximum Gasteiger partial charge on any atom is 0.221 e. The molecule has 16 rings (SSSR count). The summed E-state index contributed by atoms with van der Waals surface area (Å²) in [5.74, 6) is 0.607. The Hall–Kier alpha value is -11.8. The summed E-state index contributed by atoms with van der Waals surface area (Å²) in [6.07, 6.45) is 0. The van der Waals surface area contributed by atoms with Crippen LogP contribution in [0.5, 0.6) is 0 Å². The number of hydrogen-bond acceptors (Lipinski definition) is 5. The number of hydrogen-bond donors (Lipinski definition) is 0. The molecule has 0 radical (unpaired) electrons. The van der Waals surface area contributed by atoms with Gasteiger partial charge in [0, 0.05) is 38.4 Å². The molecule has 4 aromatic heterocycles. The number of nitrogens with zero attached hydrogens (tertiary/aromatic N) is 6. The van der Waals surface area contributed by atoms with Gasteiger partial charge in [0.2, 0.25) is 5.69 Å². The number of rotatable bonds is 9. The van der Waals surface area contributed by atoms with Crippen molar-refractivity contribution in [3.05, 3.63) is 303 Å². The average molecular weight is 1090 g/mol. The monoisotopic (exact) mass is 1090 g/mol. The molecule has 0 spiro atoms. The highest BCUT2D eigenvalue weighted by Gasteiger charge is 2.25. The summed E-state index contributed by atoms with van der Waals surface area (Å²) >= 11 is 0. The molecule has 0 saturated carbocycles. The van der Waals surface area contributed by atoms with Crippen molar-refractivity contribution in [1.29, 1.82) is 0 Å². The van der Waals surface area contributed by atoms with Crippen molar-refractivity contribution in [3.63, 3.8) is 0 Å². The zero-order chi connectivity index (χ0) is 57.1. The van der Waals surface area contributed by atoms with Crippen molar-refractivity contribution in [1.82, 2.24) is 24.9 Å². The van der Waals surface area contributed by atoms with Gasteiger partial charge >= 0.3 is 0 Å². The minimum Gasteiger partial charge on any atom is -0.257 e. The highest BCUT2D eigenvalue weighted by molar-refractivity contribution is 6.20. The summed E-state index contributed by atoms with van der Waals surface area (Å²) in [7, 11) is 0. The summed E-state index contributed by atoms with van der Waals surface area (Å²) in [5, 5.41) is 7.88. The van der Waals surface area contributed by atoms with E-state index in [1.54, 1.807) is 0 Å². The molecule has 6 nitrogen and oxygen atoms in total. The van der Waals surface area contributed by atoms with Crippen molar-refractivity contribution in [3.8, 4) is 101 Å². The first-order valence-electron chi connectivity index (χ1n) is 28.8. The van der Waals surface area contributed by atoms with Crippen molar-refractivity contribution in [2.24, 2.45) is 0 Å². The molecule has 4 heterocycles. The van der Waals surface area contributed by atoms with Gasteiger partial charge in [-0.25, -0.2) is 24.8 Å². The van der Waals surface area contributed by atoms with E-state index in [4.69, 9.17) is 31.5 Å². The normalized spacial score (nSPS) is 11.5. The van der Waals surface area contributed by atoms with Crippen molar-refractivity contribution < 1.29 is 0 Å². The van der Waals surface area contributed by atoms with Crippen LogP contribution in [-0.4, -0.2) is 24.9 Å². The van der Waals surface area contributed by atoms with Gasteiger partial charge in [-0.1, -0.05) is 249 Å². The number of fused-ring (bicyclic) bond motifs is 8. The Bertz CT molecular complexity index is 5380. The third-order valence-electron chi connectivity index (χ3n) is 16.6. The van der Waals surface area contributed by atoms with Crippen molar-refractivity contribution >= 4 is 70.8 Å². The minimum atomic E-state index is 0.472. The van der Waals surface area contributed by atoms with Crippen molar-refractivity contribution in [2.45, 2.75) is 0 Å². The van der Waals surface area contributed by atoms with E-state index in [1.165, 1.54) is 0 Å². The molecule has 16 aromatic rings. The molecule has 398 valence electrons. The molecule has 86 heavy (non-hydrogen) atoms. The van der Waals surface area contributed by atoms with Gasteiger partial charge in [0.1, 0.15) is 5.52 Å². The Kier molecular flexibility index (Phi) is 12.1. The fraction of sp³-hybridized carbons (Fsp3) is 0. The van der Waals surface area contributed by atoms with Crippen molar-refractivity contribution in [2.75, 3.05) is 0 Å². The van der Waals surface area contributed by atoms with Gasteiger partial charge in [-0.05, 0) is 119 Å². The Morgan fingerprint density at radius 3 is 1.15 bits per heavy atom. The first kappa shape index (κ1) is 50.0. The van der Waals surface area contributed by atoms with E-state index in [9.17, 15) is 0 Å². The summed E-state index contributed by atoms with van der Waals surface area (Å²) in [6, 6.07) is 101. The zero-order valence-electron chi connectivity index (χ0n) is 46.4. The van der Waals surface area contributed by atoms with Gasteiger partial charge in [-0.15, -0.1) is 0 Å². The molecule has 6 heteroatoms. The van der Waals surface area contributed by atoms with Crippen LogP contribution in [0.2, 0.25) is 0 Å². The van der Waals surface area contributed by atoms with Crippen LogP contribution in [0.25, 0.3) is 171 Å². The van der Waals surface area contributed by atoms with E-state index >= 15 is 0 Å². The standard InChI is InChI=1S/C80H48N6/c1-81-79-72(64-42-40-62-66(50-24-8-2-9-25-50)48-70(52-28-12-4-13-29-52)82-75(62)77(64)84-73(79)54-32-16-6-17-33-54)68-46-58(44-56-36-20-22-38-60(56)68)59-45-57-37-21-23-39-61(57)69(47-59)74-65-43-41-63-67(51-26-10-3-11-27-51)49-71(53-30-14-5-15-31-53)83-76(63)78(65)86-80(85-74)55-34-18-7-19-35-55/h2-49H. The lowest BCUT2D eigenvalue weighted by atomic mass is 9.87. The Morgan fingerprint density at radius 1 is 0.244 bits per heavy atom. The lowest BCUT2D eigenvalue weighted by Crippen LogP contribution is -1.99. The maximum atomic E-state index is 9.15. The van der Waals surface area contributed by atoms with Crippen LogP contribution < -0.4 is 0 Å². The van der Waals surface area contributed by atoms with Gasteiger partial charge in [0.15, 0.2) is 5.82 Å². The molecule has 0 aliphatic rings. The molecule has 0 aliphatic heterocycles. The van der Waals surface area contributed by atoms with E-state index in [1.807, 2.05) is 66.7 Å². The molecule has 0 N–H and O–H groups in total. The van der Waals surface area contributed by atoms with Crippen LogP contribution >= 0.6 is 0 Å². The number of aromatic nitrogens is 5. The first-order chi connectivity index (χ1) is 42.6. The second-order valence-electron chi connectivity index (χ2n) is 21.7. The predicted octanol–water partition coefficient (Wildman–Crippen LogP) is 21.1. The SMILES string of the molecule is [C-]#[N+]c1c(-c2ccccc2)nc2c(ccc3c(-c4ccccc4)cc(-c4ccccc4)nc32)c1-c1cc(-c2cc(-c3nc(-c4ccccc4)nc4c3ccc3c(-c5ccccc5)cc(-c5ccccc5)nc34)c3ccccc3c2)cc2ccccc12. The first-order valence-corrected chi connectivity index (χ1v) is 28.8. The average Bonchev–Trinajstić information content (AvgIpc) is 0.862. The fourth-order valence-corrected chi connectivity index (χ4v) is 12.6. The van der Waals surface area contributed by atoms with Crippen LogP contribution in [0.1, 0.15) is 0 Å². The zero-order valence-corrected chi connectivity index (χ0v) is 46.4. The van der Waals surface area contributed by atoms with Crippen LogP contribution in [0.4, 0.5) is 5.69 Å². The van der Waals surface area contributed by atoms with E-state index in [-0.39, 0.29) is 0 Å². The van der Waals surface area contributed by atoms with Gasteiger partial charge < -0.3 is 0 Å². The smallest absolute Gasteiger partial charge is 0.221 e. The van der Waals surface area contributed by atoms with Gasteiger partial charge in [0.25, 0.3) is 0 Å². The van der Waals surface area contributed by atoms with E-state index in [0.29, 0.717) is 17.2 Å². The molecular weight excluding hydrogens is 1040 g/mol. The van der Waals surface area contributed by atoms with Crippen LogP contribution in [0, 0.1) is 6.57 Å². The van der Waals surface area contributed by atoms with Crippen LogP contribution in [0.3, 0.4) is 0 Å². The fourth-order valence-electron chi connectivity index (χ4n) is 12.6. The topological polar surface area (TPSA) is 68.8 Å². The Labute approximate surface area is 496 Å². The van der Waals surface area contributed by atoms with Crippen LogP contribution in [0.15, 0.2) is 291 Å². The second-order valence-corrected chi connectivity index (χ2v) is 21.7. The number of benzene rings is 12. The van der Waals surface area contributed by atoms with Crippen LogP contribution in [-0.2, 0) is 0 Å². The lowest BCUT2D eigenvalue weighted by molar-refractivity contribution is 1.23. The van der Waals surface area contributed by atoms with Gasteiger partial charge in [-0.3, -0.25) is 4.98 Å². The molecular formula is C80H48N6. The molecule has 0 bridgehead atoms. The van der Waals surface area contributed by atoms with E-state index in [2.05, 4.69) is 229 Å².